The Morgan fingerprint density at radius 1 is 1.11 bits per heavy atom. The van der Waals surface area contributed by atoms with E-state index in [9.17, 15) is 8.42 Å². The first-order chi connectivity index (χ1) is 9.17. The molecule has 1 aromatic rings. The number of oxime groups is 1. The molecule has 4 nitrogen and oxygen atoms in total. The zero-order chi connectivity index (χ0) is 14.0. The normalized spacial score (nSPS) is 11.8. The lowest BCUT2D eigenvalue weighted by Gasteiger charge is -2.00. The third kappa shape index (κ3) is 6.38. The van der Waals surface area contributed by atoms with Crippen LogP contribution >= 0.6 is 0 Å². The van der Waals surface area contributed by atoms with E-state index >= 15 is 0 Å². The Kier molecular flexibility index (Phi) is 7.18. The summed E-state index contributed by atoms with van der Waals surface area (Å²) in [5.41, 5.74) is 0. The molecule has 0 aliphatic heterocycles. The molecule has 1 aromatic carbocycles. The molecule has 0 radical (unpaired) electrons. The lowest BCUT2D eigenvalue weighted by atomic mass is 10.1. The molecule has 0 saturated carbocycles. The van der Waals surface area contributed by atoms with Crippen molar-refractivity contribution >= 4 is 16.3 Å². The maximum atomic E-state index is 11.7. The summed E-state index contributed by atoms with van der Waals surface area (Å²) in [7, 11) is -3.76. The third-order valence-corrected chi connectivity index (χ3v) is 3.82. The molecule has 106 valence electrons. The Morgan fingerprint density at radius 2 is 1.79 bits per heavy atom. The van der Waals surface area contributed by atoms with Gasteiger partial charge < -0.3 is 0 Å². The van der Waals surface area contributed by atoms with Crippen LogP contribution in [0.5, 0.6) is 0 Å². The van der Waals surface area contributed by atoms with Crippen molar-refractivity contribution in [2.24, 2.45) is 5.16 Å². The second-order valence-corrected chi connectivity index (χ2v) is 5.86. The minimum Gasteiger partial charge on any atom is -0.265 e. The Labute approximate surface area is 115 Å². The molecule has 0 fully saturated rings. The van der Waals surface area contributed by atoms with Gasteiger partial charge in [-0.05, 0) is 25.0 Å². The Bertz CT molecular complexity index is 469. The summed E-state index contributed by atoms with van der Waals surface area (Å²) in [6, 6.07) is 8.01. The SMILES string of the molecule is CCCCCCCC=NOS(=O)(=O)c1ccccc1. The average molecular weight is 283 g/mol. The van der Waals surface area contributed by atoms with Gasteiger partial charge in [0.1, 0.15) is 4.90 Å². The number of nitrogens with zero attached hydrogens (tertiary/aromatic N) is 1. The number of benzene rings is 1. The van der Waals surface area contributed by atoms with Crippen LogP contribution in [-0.4, -0.2) is 14.6 Å². The first-order valence-electron chi connectivity index (χ1n) is 6.67. The Morgan fingerprint density at radius 3 is 2.47 bits per heavy atom. The fourth-order valence-corrected chi connectivity index (χ4v) is 2.36. The van der Waals surface area contributed by atoms with Gasteiger partial charge in [-0.15, -0.1) is 0 Å². The highest BCUT2D eigenvalue weighted by Gasteiger charge is 2.13. The molecule has 5 heteroatoms. The predicted molar refractivity (Wildman–Crippen MR) is 76.6 cm³/mol. The van der Waals surface area contributed by atoms with E-state index in [1.807, 2.05) is 0 Å². The minimum atomic E-state index is -3.76. The topological polar surface area (TPSA) is 55.7 Å². The van der Waals surface area contributed by atoms with Crippen LogP contribution in [0.4, 0.5) is 0 Å². The molecule has 0 heterocycles. The largest absolute Gasteiger partial charge is 0.358 e. The summed E-state index contributed by atoms with van der Waals surface area (Å²) >= 11 is 0. The summed E-state index contributed by atoms with van der Waals surface area (Å²) in [4.78, 5) is 0.120. The quantitative estimate of drug-likeness (QED) is 0.394. The van der Waals surface area contributed by atoms with Crippen molar-refractivity contribution in [3.05, 3.63) is 30.3 Å². The van der Waals surface area contributed by atoms with Gasteiger partial charge in [0.25, 0.3) is 0 Å². The molecule has 0 amide bonds. The molecule has 0 N–H and O–H groups in total. The standard InChI is InChI=1S/C14H21NO3S/c1-2-3-4-5-6-10-13-15-18-19(16,17)14-11-8-7-9-12-14/h7-9,11-13H,2-6,10H2,1H3. The number of hydrogen-bond acceptors (Lipinski definition) is 4. The molecule has 19 heavy (non-hydrogen) atoms. The maximum Gasteiger partial charge on any atom is 0.358 e. The zero-order valence-corrected chi connectivity index (χ0v) is 12.1. The van der Waals surface area contributed by atoms with E-state index in [4.69, 9.17) is 0 Å². The highest BCUT2D eigenvalue weighted by Crippen LogP contribution is 2.11. The van der Waals surface area contributed by atoms with E-state index in [1.54, 1.807) is 18.2 Å². The molecule has 0 atom stereocenters. The fraction of sp³-hybridized carbons (Fsp3) is 0.500. The second kappa shape index (κ2) is 8.69. The van der Waals surface area contributed by atoms with E-state index in [0.29, 0.717) is 0 Å². The molecule has 0 aliphatic rings. The van der Waals surface area contributed by atoms with Crippen LogP contribution in [0.25, 0.3) is 0 Å². The van der Waals surface area contributed by atoms with Gasteiger partial charge in [0.15, 0.2) is 0 Å². The summed E-state index contributed by atoms with van der Waals surface area (Å²) in [6.07, 6.45) is 8.10. The van der Waals surface area contributed by atoms with Gasteiger partial charge in [-0.3, -0.25) is 4.28 Å². The molecule has 0 unspecified atom stereocenters. The lowest BCUT2D eigenvalue weighted by Crippen LogP contribution is -2.02. The van der Waals surface area contributed by atoms with Gasteiger partial charge in [0, 0.05) is 6.21 Å². The molecule has 0 saturated heterocycles. The van der Waals surface area contributed by atoms with Gasteiger partial charge in [-0.1, -0.05) is 56.0 Å². The van der Waals surface area contributed by atoms with Gasteiger partial charge in [0.05, 0.1) is 0 Å². The molecular formula is C14H21NO3S. The van der Waals surface area contributed by atoms with Gasteiger partial charge in [-0.2, -0.15) is 8.42 Å². The zero-order valence-electron chi connectivity index (χ0n) is 11.3. The van der Waals surface area contributed by atoms with Crippen LogP contribution < -0.4 is 0 Å². The van der Waals surface area contributed by atoms with Crippen LogP contribution in [0.15, 0.2) is 40.4 Å². The van der Waals surface area contributed by atoms with E-state index in [2.05, 4.69) is 16.4 Å². The first kappa shape index (κ1) is 15.7. The van der Waals surface area contributed by atoms with Crippen molar-refractivity contribution in [3.8, 4) is 0 Å². The van der Waals surface area contributed by atoms with Crippen molar-refractivity contribution in [1.82, 2.24) is 0 Å². The van der Waals surface area contributed by atoms with Crippen molar-refractivity contribution in [1.29, 1.82) is 0 Å². The van der Waals surface area contributed by atoms with E-state index in [-0.39, 0.29) is 4.90 Å². The monoisotopic (exact) mass is 283 g/mol. The fourth-order valence-electron chi connectivity index (χ4n) is 1.61. The molecule has 1 rings (SSSR count). The summed E-state index contributed by atoms with van der Waals surface area (Å²) in [6.45, 7) is 2.17. The molecular weight excluding hydrogens is 262 g/mol. The van der Waals surface area contributed by atoms with Crippen molar-refractivity contribution in [2.75, 3.05) is 0 Å². The number of hydrogen-bond donors (Lipinski definition) is 0. The Balaban J connectivity index is 2.28. The van der Waals surface area contributed by atoms with Gasteiger partial charge in [0.2, 0.25) is 0 Å². The molecule has 0 aromatic heterocycles. The predicted octanol–water partition coefficient (Wildman–Crippen LogP) is 3.74. The van der Waals surface area contributed by atoms with E-state index in [0.717, 1.165) is 19.3 Å². The van der Waals surface area contributed by atoms with Crippen molar-refractivity contribution in [3.63, 3.8) is 0 Å². The van der Waals surface area contributed by atoms with Crippen molar-refractivity contribution < 1.29 is 12.7 Å². The number of rotatable bonds is 9. The van der Waals surface area contributed by atoms with Crippen LogP contribution in [0.3, 0.4) is 0 Å². The number of unbranched alkanes of at least 4 members (excludes halogenated alkanes) is 5. The second-order valence-electron chi connectivity index (χ2n) is 4.33. The lowest BCUT2D eigenvalue weighted by molar-refractivity contribution is 0.339. The molecule has 0 bridgehead atoms. The molecule has 0 spiro atoms. The van der Waals surface area contributed by atoms with Crippen LogP contribution in [0, 0.1) is 0 Å². The Hall–Kier alpha value is -1.36. The van der Waals surface area contributed by atoms with Crippen LogP contribution in [0.1, 0.15) is 45.4 Å². The van der Waals surface area contributed by atoms with E-state index in [1.165, 1.54) is 37.6 Å². The third-order valence-electron chi connectivity index (χ3n) is 2.68. The summed E-state index contributed by atoms with van der Waals surface area (Å²) in [5, 5.41) is 3.52. The maximum absolute atomic E-state index is 11.7. The summed E-state index contributed by atoms with van der Waals surface area (Å²) in [5.74, 6) is 0. The van der Waals surface area contributed by atoms with Crippen molar-refractivity contribution in [2.45, 2.75) is 50.3 Å². The molecule has 0 aliphatic carbocycles. The van der Waals surface area contributed by atoms with Crippen LogP contribution in [-0.2, 0) is 14.4 Å². The van der Waals surface area contributed by atoms with Gasteiger partial charge >= 0.3 is 10.1 Å². The smallest absolute Gasteiger partial charge is 0.265 e. The van der Waals surface area contributed by atoms with E-state index < -0.39 is 10.1 Å². The summed E-state index contributed by atoms with van der Waals surface area (Å²) < 4.78 is 27.9. The average Bonchev–Trinajstić information content (AvgIpc) is 2.43. The van der Waals surface area contributed by atoms with Gasteiger partial charge in [-0.25, -0.2) is 0 Å². The van der Waals surface area contributed by atoms with Crippen LogP contribution in [0.2, 0.25) is 0 Å². The highest BCUT2D eigenvalue weighted by molar-refractivity contribution is 7.86. The highest BCUT2D eigenvalue weighted by atomic mass is 32.2. The minimum absolute atomic E-state index is 0.120. The first-order valence-corrected chi connectivity index (χ1v) is 8.08.